The monoisotopic (exact) mass is 493 g/mol. The Hall–Kier alpha value is -0.251. The molecule has 0 rings (SSSR count). The van der Waals surface area contributed by atoms with Crippen LogP contribution in [0.25, 0.3) is 0 Å². The van der Waals surface area contributed by atoms with Crippen molar-refractivity contribution in [3.05, 3.63) is 0 Å². The summed E-state index contributed by atoms with van der Waals surface area (Å²) < 4.78 is 0. The predicted octanol–water partition coefficient (Wildman–Crippen LogP) is -11.3. The van der Waals surface area contributed by atoms with E-state index in [0.717, 1.165) is 9.80 Å². The molecule has 0 saturated heterocycles. The van der Waals surface area contributed by atoms with E-state index in [0.29, 0.717) is 0 Å². The maximum Gasteiger partial charge on any atom is 1.00 e. The fourth-order valence-corrected chi connectivity index (χ4v) is 2.20. The van der Waals surface area contributed by atoms with Crippen LogP contribution in [-0.4, -0.2) is 119 Å². The first-order chi connectivity index (χ1) is 12.5. The molecule has 0 aliphatic carbocycles. The van der Waals surface area contributed by atoms with Gasteiger partial charge in [-0.05, 0) is 0 Å². The van der Waals surface area contributed by atoms with Gasteiger partial charge < -0.3 is 35.1 Å². The number of carbonyl (C=O) groups excluding carboxylic acids is 2. The maximum atomic E-state index is 10.9. The number of carboxylic acid groups (broad SMARTS) is 5. The van der Waals surface area contributed by atoms with Crippen LogP contribution in [0.1, 0.15) is 0 Å². The first-order valence-electron chi connectivity index (χ1n) is 7.71. The van der Waals surface area contributed by atoms with Crippen molar-refractivity contribution in [3.8, 4) is 0 Å². The molecule has 0 aliphatic rings. The molecule has 162 valence electrons. The van der Waals surface area contributed by atoms with Crippen molar-refractivity contribution in [2.24, 2.45) is 0 Å². The van der Waals surface area contributed by atoms with Gasteiger partial charge in [0.25, 0.3) is 0 Å². The van der Waals surface area contributed by atoms with Crippen LogP contribution in [0.4, 0.5) is 0 Å². The Kier molecular flexibility index (Phi) is 25.5. The molecule has 0 bridgehead atoms. The van der Waals surface area contributed by atoms with Gasteiger partial charge in [-0.3, -0.25) is 29.1 Å². The van der Waals surface area contributed by atoms with E-state index in [1.54, 1.807) is 0 Å². The minimum atomic E-state index is -1.50. The van der Waals surface area contributed by atoms with Gasteiger partial charge in [0.05, 0.1) is 31.6 Å². The number of aliphatic carboxylic acids is 5. The van der Waals surface area contributed by atoms with Crippen molar-refractivity contribution in [1.82, 2.24) is 14.7 Å². The number of carbonyl (C=O) groups is 5. The van der Waals surface area contributed by atoms with Gasteiger partial charge in [0.1, 0.15) is 0 Å². The SMILES string of the molecule is O=C([O-])CN(CCN(CCN(CC(=O)[O-])CC(=O)O)CC(=O)O)CC(=O)O.[Fe].[Na+].[Na+]. The fraction of sp³-hybridized carbons (Fsp3) is 0.643. The second-order valence-corrected chi connectivity index (χ2v) is 5.62. The minimum Gasteiger partial charge on any atom is -0.549 e. The molecule has 0 unspecified atom stereocenters. The Bertz CT molecular complexity index is 498. The topological polar surface area (TPSA) is 202 Å². The van der Waals surface area contributed by atoms with Gasteiger partial charge in [-0.1, -0.05) is 0 Å². The van der Waals surface area contributed by atoms with Crippen molar-refractivity contribution in [3.63, 3.8) is 0 Å². The van der Waals surface area contributed by atoms with Crippen molar-refractivity contribution < 1.29 is 126 Å². The van der Waals surface area contributed by atoms with E-state index >= 15 is 0 Å². The van der Waals surface area contributed by atoms with Crippen LogP contribution in [0.3, 0.4) is 0 Å². The molecule has 16 heteroatoms. The molecule has 30 heavy (non-hydrogen) atoms. The second-order valence-electron chi connectivity index (χ2n) is 5.62. The van der Waals surface area contributed by atoms with Gasteiger partial charge in [0.2, 0.25) is 0 Å². The number of hydrogen-bond donors (Lipinski definition) is 3. The summed E-state index contributed by atoms with van der Waals surface area (Å²) in [6.45, 7) is -3.29. The Morgan fingerprint density at radius 2 is 0.767 bits per heavy atom. The molecule has 0 aromatic carbocycles. The summed E-state index contributed by atoms with van der Waals surface area (Å²) in [7, 11) is 0. The normalized spacial score (nSPS) is 9.97. The smallest absolute Gasteiger partial charge is 0.549 e. The minimum absolute atomic E-state index is 0. The quantitative estimate of drug-likeness (QED) is 0.171. The van der Waals surface area contributed by atoms with E-state index in [-0.39, 0.29) is 102 Å². The maximum absolute atomic E-state index is 10.9. The number of rotatable bonds is 16. The van der Waals surface area contributed by atoms with Crippen LogP contribution in [0.2, 0.25) is 0 Å². The molecule has 0 saturated carbocycles. The summed E-state index contributed by atoms with van der Waals surface area (Å²) in [5.74, 6) is -6.76. The van der Waals surface area contributed by atoms with E-state index in [1.165, 1.54) is 4.90 Å². The molecular formula is C14H21FeN3Na2O10. The number of hydrogen-bond acceptors (Lipinski definition) is 10. The third-order valence-corrected chi connectivity index (χ3v) is 3.25. The van der Waals surface area contributed by atoms with Crippen molar-refractivity contribution in [2.45, 2.75) is 0 Å². The van der Waals surface area contributed by atoms with Crippen molar-refractivity contribution in [2.75, 3.05) is 58.9 Å². The Morgan fingerprint density at radius 1 is 0.533 bits per heavy atom. The van der Waals surface area contributed by atoms with E-state index in [4.69, 9.17) is 15.3 Å². The van der Waals surface area contributed by atoms with Crippen LogP contribution in [-0.2, 0) is 41.0 Å². The molecule has 0 aliphatic heterocycles. The van der Waals surface area contributed by atoms with Gasteiger partial charge in [0, 0.05) is 56.3 Å². The zero-order valence-corrected chi connectivity index (χ0v) is 21.9. The summed E-state index contributed by atoms with van der Waals surface area (Å²) >= 11 is 0. The fourth-order valence-electron chi connectivity index (χ4n) is 2.20. The molecule has 0 fully saturated rings. The van der Waals surface area contributed by atoms with E-state index in [1.807, 2.05) is 0 Å². The van der Waals surface area contributed by atoms with Crippen molar-refractivity contribution in [1.29, 1.82) is 0 Å². The first-order valence-corrected chi connectivity index (χ1v) is 7.71. The number of nitrogens with zero attached hydrogens (tertiary/aromatic N) is 3. The molecule has 0 atom stereocenters. The molecule has 0 spiro atoms. The molecule has 0 aromatic heterocycles. The van der Waals surface area contributed by atoms with Crippen LogP contribution in [0.5, 0.6) is 0 Å². The Labute approximate surface area is 227 Å². The van der Waals surface area contributed by atoms with Crippen molar-refractivity contribution >= 4 is 29.8 Å². The zero-order chi connectivity index (χ0) is 21.0. The average Bonchev–Trinajstić information content (AvgIpc) is 2.46. The predicted molar refractivity (Wildman–Crippen MR) is 82.2 cm³/mol. The summed E-state index contributed by atoms with van der Waals surface area (Å²) in [6, 6.07) is 0. The first kappa shape index (κ1) is 37.1. The molecule has 0 heterocycles. The van der Waals surface area contributed by atoms with Crippen LogP contribution < -0.4 is 69.3 Å². The van der Waals surface area contributed by atoms with Crippen LogP contribution >= 0.6 is 0 Å². The van der Waals surface area contributed by atoms with Gasteiger partial charge in [-0.2, -0.15) is 0 Å². The summed E-state index contributed by atoms with van der Waals surface area (Å²) in [6.07, 6.45) is 0. The van der Waals surface area contributed by atoms with E-state index in [2.05, 4.69) is 0 Å². The molecule has 0 radical (unpaired) electrons. The molecule has 0 amide bonds. The Balaban J connectivity index is -0.00000113. The molecule has 13 nitrogen and oxygen atoms in total. The third kappa shape index (κ3) is 22.4. The molecular weight excluding hydrogens is 472 g/mol. The summed E-state index contributed by atoms with van der Waals surface area (Å²) in [5.41, 5.74) is 0. The number of carboxylic acids is 5. The van der Waals surface area contributed by atoms with Gasteiger partial charge >= 0.3 is 77.0 Å². The summed E-state index contributed by atoms with van der Waals surface area (Å²) in [5, 5.41) is 47.8. The van der Waals surface area contributed by atoms with Gasteiger partial charge in [0.15, 0.2) is 0 Å². The van der Waals surface area contributed by atoms with Gasteiger partial charge in [-0.25, -0.2) is 0 Å². The van der Waals surface area contributed by atoms with Crippen LogP contribution in [0.15, 0.2) is 0 Å². The van der Waals surface area contributed by atoms with Gasteiger partial charge in [-0.15, -0.1) is 0 Å². The molecule has 3 N–H and O–H groups in total. The van der Waals surface area contributed by atoms with E-state index in [9.17, 15) is 34.2 Å². The second kappa shape index (κ2) is 20.6. The standard InChI is InChI=1S/C14H23N3O10.Fe.2Na/c18-10(19)5-15(1-3-16(6-11(20)21)7-12(22)23)2-4-17(8-13(24)25)9-14(26)27;;;/h1-9H2,(H,18,19)(H,20,21)(H,22,23)(H,24,25)(H,26,27);;;/q;;2*+1/p-2. The largest absolute Gasteiger partial charge is 1.00 e. The van der Waals surface area contributed by atoms with E-state index < -0.39 is 62.6 Å². The summed E-state index contributed by atoms with van der Waals surface area (Å²) in [4.78, 5) is 57.1. The zero-order valence-electron chi connectivity index (χ0n) is 16.8. The average molecular weight is 493 g/mol. The Morgan fingerprint density at radius 3 is 1.00 bits per heavy atom. The third-order valence-electron chi connectivity index (χ3n) is 3.25. The molecule has 0 aromatic rings. The van der Waals surface area contributed by atoms with Crippen LogP contribution in [0, 0.1) is 0 Å².